The van der Waals surface area contributed by atoms with Crippen LogP contribution in [-0.2, 0) is 25.1 Å². The van der Waals surface area contributed by atoms with Crippen LogP contribution in [-0.4, -0.2) is 115 Å². The number of aliphatic hydroxyl groups is 2. The number of aromatic nitrogens is 2. The van der Waals surface area contributed by atoms with Crippen molar-refractivity contribution in [1.82, 2.24) is 19.2 Å². The minimum atomic E-state index is -4.92. The Kier molecular flexibility index (Phi) is 8.88. The molecule has 2 aliphatic heterocycles. The first-order chi connectivity index (χ1) is 18.3. The Morgan fingerprint density at radius 3 is 2.54 bits per heavy atom. The van der Waals surface area contributed by atoms with E-state index in [4.69, 9.17) is 9.47 Å². The Morgan fingerprint density at radius 2 is 1.95 bits per heavy atom. The number of morpholine rings is 1. The number of sulfonamides is 1. The van der Waals surface area contributed by atoms with Crippen molar-refractivity contribution in [3.63, 3.8) is 0 Å². The topological polar surface area (TPSA) is 129 Å². The molecule has 2 aliphatic rings. The Morgan fingerprint density at radius 1 is 1.26 bits per heavy atom. The minimum absolute atomic E-state index is 0.0471. The molecule has 4 rings (SSSR count). The third-order valence-electron chi connectivity index (χ3n) is 7.18. The highest BCUT2D eigenvalue weighted by Crippen LogP contribution is 2.38. The van der Waals surface area contributed by atoms with Gasteiger partial charge in [-0.3, -0.25) is 4.90 Å². The fourth-order valence-electron chi connectivity index (χ4n) is 4.73. The van der Waals surface area contributed by atoms with Crippen LogP contribution in [0.1, 0.15) is 19.4 Å². The molecule has 5 atom stereocenters. The maximum Gasteiger partial charge on any atom is 0.421 e. The fourth-order valence-corrected chi connectivity index (χ4v) is 7.34. The molecular formula is C23H32F3N5O6S2. The van der Waals surface area contributed by atoms with Crippen molar-refractivity contribution in [3.8, 4) is 0 Å². The van der Waals surface area contributed by atoms with E-state index in [0.29, 0.717) is 13.5 Å². The SMILES string of the molecule is COC(O)C1COC[C@H](C)N1C[C@H]1CN(S(=O)(=O)c2cccs2)CCN1c1ncc([C@](C)(O)C(F)(F)F)cn1. The Hall–Kier alpha value is -1.92. The van der Waals surface area contributed by atoms with Crippen molar-refractivity contribution in [3.05, 3.63) is 35.5 Å². The van der Waals surface area contributed by atoms with Crippen molar-refractivity contribution in [2.75, 3.05) is 51.4 Å². The van der Waals surface area contributed by atoms with Crippen molar-refractivity contribution < 1.29 is 41.3 Å². The zero-order chi connectivity index (χ0) is 28.6. The summed E-state index contributed by atoms with van der Waals surface area (Å²) in [6.45, 7) is 3.69. The van der Waals surface area contributed by atoms with E-state index in [1.165, 1.54) is 17.5 Å². The van der Waals surface area contributed by atoms with Crippen LogP contribution >= 0.6 is 11.3 Å². The molecule has 0 aliphatic carbocycles. The number of aliphatic hydroxyl groups excluding tert-OH is 1. The molecule has 2 aromatic rings. The number of thiophene rings is 1. The van der Waals surface area contributed by atoms with Gasteiger partial charge >= 0.3 is 6.18 Å². The molecule has 16 heteroatoms. The molecule has 2 unspecified atom stereocenters. The molecule has 0 saturated carbocycles. The third-order valence-corrected chi connectivity index (χ3v) is 10.4. The van der Waals surface area contributed by atoms with Gasteiger partial charge in [-0.25, -0.2) is 18.4 Å². The molecule has 39 heavy (non-hydrogen) atoms. The highest BCUT2D eigenvalue weighted by Gasteiger charge is 2.51. The van der Waals surface area contributed by atoms with E-state index >= 15 is 0 Å². The molecule has 11 nitrogen and oxygen atoms in total. The summed E-state index contributed by atoms with van der Waals surface area (Å²) in [4.78, 5) is 12.0. The number of alkyl halides is 3. The molecule has 0 spiro atoms. The number of methoxy groups -OCH3 is 1. The average Bonchev–Trinajstić information content (AvgIpc) is 3.45. The second-order valence-corrected chi connectivity index (χ2v) is 12.9. The van der Waals surface area contributed by atoms with Gasteiger partial charge in [-0.05, 0) is 25.3 Å². The van der Waals surface area contributed by atoms with Crippen LogP contribution in [0, 0.1) is 0 Å². The molecule has 2 fully saturated rings. The molecular weight excluding hydrogens is 563 g/mol. The Labute approximate surface area is 228 Å². The van der Waals surface area contributed by atoms with E-state index in [1.807, 2.05) is 11.8 Å². The largest absolute Gasteiger partial charge is 0.421 e. The van der Waals surface area contributed by atoms with Gasteiger partial charge in [0.15, 0.2) is 11.9 Å². The molecule has 0 radical (unpaired) electrons. The van der Waals surface area contributed by atoms with E-state index in [2.05, 4.69) is 9.97 Å². The zero-order valence-corrected chi connectivity index (χ0v) is 23.3. The van der Waals surface area contributed by atoms with Gasteiger partial charge in [0.05, 0.1) is 25.3 Å². The van der Waals surface area contributed by atoms with E-state index in [9.17, 15) is 31.8 Å². The van der Waals surface area contributed by atoms with Gasteiger partial charge in [0.2, 0.25) is 5.95 Å². The number of halogens is 3. The van der Waals surface area contributed by atoms with Crippen LogP contribution in [0.3, 0.4) is 0 Å². The summed E-state index contributed by atoms with van der Waals surface area (Å²) in [5, 5.41) is 22.1. The Balaban J connectivity index is 1.65. The van der Waals surface area contributed by atoms with Crippen LogP contribution in [0.15, 0.2) is 34.1 Å². The molecule has 0 amide bonds. The Bertz CT molecular complexity index is 1200. The normalized spacial score (nSPS) is 26.4. The van der Waals surface area contributed by atoms with Crippen LogP contribution in [0.5, 0.6) is 0 Å². The maximum atomic E-state index is 13.3. The lowest BCUT2D eigenvalue weighted by molar-refractivity contribution is -0.259. The quantitative estimate of drug-likeness (QED) is 0.430. The highest BCUT2D eigenvalue weighted by molar-refractivity contribution is 7.91. The monoisotopic (exact) mass is 595 g/mol. The standard InChI is InChI=1S/C23H32F3N5O6S2/c1-15-13-37-14-18(20(32)36-3)31(15)12-17-11-29(39(34,35)19-5-4-8-38-19)6-7-30(17)21-27-9-16(10-28-21)22(2,33)23(24,25)26/h4-5,8-10,15,17-18,20,32-33H,6-7,11-14H2,1-3H3/t15-,17+,18?,20?,22-/m0/s1. The van der Waals surface area contributed by atoms with Crippen LogP contribution < -0.4 is 4.90 Å². The van der Waals surface area contributed by atoms with Gasteiger partial charge in [0.1, 0.15) is 4.21 Å². The van der Waals surface area contributed by atoms with Gasteiger partial charge in [0.25, 0.3) is 10.0 Å². The first kappa shape index (κ1) is 30.0. The van der Waals surface area contributed by atoms with Crippen LogP contribution in [0.2, 0.25) is 0 Å². The van der Waals surface area contributed by atoms with E-state index < -0.39 is 45.7 Å². The summed E-state index contributed by atoms with van der Waals surface area (Å²) in [5.41, 5.74) is -3.65. The number of hydrogen-bond donors (Lipinski definition) is 2. The van der Waals surface area contributed by atoms with Crippen molar-refractivity contribution in [2.24, 2.45) is 0 Å². The van der Waals surface area contributed by atoms with Gasteiger partial charge < -0.3 is 24.6 Å². The lowest BCUT2D eigenvalue weighted by Gasteiger charge is -2.47. The number of piperazine rings is 1. The second kappa shape index (κ2) is 11.5. The van der Waals surface area contributed by atoms with Crippen molar-refractivity contribution >= 4 is 27.3 Å². The molecule has 218 valence electrons. The predicted octanol–water partition coefficient (Wildman–Crippen LogP) is 1.24. The highest BCUT2D eigenvalue weighted by atomic mass is 32.2. The maximum absolute atomic E-state index is 13.3. The first-order valence-corrected chi connectivity index (χ1v) is 14.6. The minimum Gasteiger partial charge on any atom is -0.378 e. The summed E-state index contributed by atoms with van der Waals surface area (Å²) >= 11 is 1.11. The first-order valence-electron chi connectivity index (χ1n) is 12.2. The molecule has 2 saturated heterocycles. The number of hydrogen-bond acceptors (Lipinski definition) is 11. The second-order valence-electron chi connectivity index (χ2n) is 9.76. The lowest BCUT2D eigenvalue weighted by atomic mass is 9.99. The van der Waals surface area contributed by atoms with Crippen molar-refractivity contribution in [1.29, 1.82) is 0 Å². The third kappa shape index (κ3) is 6.07. The number of rotatable bonds is 8. The van der Waals surface area contributed by atoms with Crippen molar-refractivity contribution in [2.45, 2.75) is 54.2 Å². The van der Waals surface area contributed by atoms with Gasteiger partial charge in [-0.2, -0.15) is 17.5 Å². The molecule has 2 N–H and O–H groups in total. The average molecular weight is 596 g/mol. The molecule has 4 heterocycles. The summed E-state index contributed by atoms with van der Waals surface area (Å²) in [5.74, 6) is 0.0969. The van der Waals surface area contributed by atoms with Gasteiger partial charge in [-0.15, -0.1) is 11.3 Å². The fraction of sp³-hybridized carbons (Fsp3) is 0.652. The molecule has 2 aromatic heterocycles. The summed E-state index contributed by atoms with van der Waals surface area (Å²) < 4.78 is 78.9. The summed E-state index contributed by atoms with van der Waals surface area (Å²) in [7, 11) is -2.41. The predicted molar refractivity (Wildman–Crippen MR) is 136 cm³/mol. The smallest absolute Gasteiger partial charge is 0.378 e. The van der Waals surface area contributed by atoms with Gasteiger partial charge in [0, 0.05) is 57.3 Å². The summed E-state index contributed by atoms with van der Waals surface area (Å²) in [6, 6.07) is 1.97. The van der Waals surface area contributed by atoms with E-state index in [-0.39, 0.29) is 49.0 Å². The van der Waals surface area contributed by atoms with Crippen LogP contribution in [0.4, 0.5) is 19.1 Å². The van der Waals surface area contributed by atoms with E-state index in [1.54, 1.807) is 16.3 Å². The zero-order valence-electron chi connectivity index (χ0n) is 21.7. The number of anilines is 1. The lowest BCUT2D eigenvalue weighted by Crippen LogP contribution is -2.64. The summed E-state index contributed by atoms with van der Waals surface area (Å²) in [6.07, 6.45) is -4.23. The van der Waals surface area contributed by atoms with Gasteiger partial charge in [-0.1, -0.05) is 6.07 Å². The van der Waals surface area contributed by atoms with Crippen LogP contribution in [0.25, 0.3) is 0 Å². The number of nitrogens with zero attached hydrogens (tertiary/aromatic N) is 5. The van der Waals surface area contributed by atoms with E-state index in [0.717, 1.165) is 23.7 Å². The molecule has 0 bridgehead atoms. The molecule has 0 aromatic carbocycles. The number of ether oxygens (including phenoxy) is 2.